The molecule has 2 fully saturated rings. The van der Waals surface area contributed by atoms with Gasteiger partial charge in [0.1, 0.15) is 0 Å². The molecule has 4 unspecified atom stereocenters. The minimum atomic E-state index is 0.639. The lowest BCUT2D eigenvalue weighted by atomic mass is 9.82. The Hall–Kier alpha value is -0.0800. The second kappa shape index (κ2) is 6.02. The first-order valence-electron chi connectivity index (χ1n) is 7.15. The third-order valence-corrected chi connectivity index (χ3v) is 4.58. The van der Waals surface area contributed by atoms with E-state index in [1.807, 2.05) is 0 Å². The molecule has 0 amide bonds. The van der Waals surface area contributed by atoms with Crippen molar-refractivity contribution in [1.29, 1.82) is 0 Å². The van der Waals surface area contributed by atoms with E-state index in [2.05, 4.69) is 19.2 Å². The number of nitrogens with one attached hydrogen (secondary N) is 1. The largest absolute Gasteiger partial charge is 0.381 e. The highest BCUT2D eigenvalue weighted by Gasteiger charge is 2.28. The Morgan fingerprint density at radius 1 is 1.25 bits per heavy atom. The summed E-state index contributed by atoms with van der Waals surface area (Å²) in [6, 6.07) is 1.41. The highest BCUT2D eigenvalue weighted by atomic mass is 16.5. The van der Waals surface area contributed by atoms with Crippen molar-refractivity contribution >= 4 is 0 Å². The normalized spacial score (nSPS) is 37.5. The van der Waals surface area contributed by atoms with Crippen LogP contribution in [0.25, 0.3) is 0 Å². The topological polar surface area (TPSA) is 21.3 Å². The minimum absolute atomic E-state index is 0.639. The van der Waals surface area contributed by atoms with Crippen molar-refractivity contribution in [2.75, 3.05) is 13.2 Å². The fraction of sp³-hybridized carbons (Fsp3) is 1.00. The third-order valence-electron chi connectivity index (χ3n) is 4.58. The fourth-order valence-corrected chi connectivity index (χ4v) is 3.34. The molecule has 0 bridgehead atoms. The van der Waals surface area contributed by atoms with Crippen molar-refractivity contribution in [3.63, 3.8) is 0 Å². The van der Waals surface area contributed by atoms with Crippen molar-refractivity contribution in [2.24, 2.45) is 11.8 Å². The van der Waals surface area contributed by atoms with E-state index in [4.69, 9.17) is 4.74 Å². The summed E-state index contributed by atoms with van der Waals surface area (Å²) >= 11 is 0. The highest BCUT2D eigenvalue weighted by molar-refractivity contribution is 4.85. The average molecular weight is 225 g/mol. The number of hydrogen-bond donors (Lipinski definition) is 1. The van der Waals surface area contributed by atoms with Gasteiger partial charge in [-0.05, 0) is 38.0 Å². The van der Waals surface area contributed by atoms with Crippen molar-refractivity contribution in [1.82, 2.24) is 5.32 Å². The average Bonchev–Trinajstić information content (AvgIpc) is 2.83. The summed E-state index contributed by atoms with van der Waals surface area (Å²) in [7, 11) is 0. The minimum Gasteiger partial charge on any atom is -0.381 e. The maximum absolute atomic E-state index is 5.48. The van der Waals surface area contributed by atoms with E-state index < -0.39 is 0 Å². The van der Waals surface area contributed by atoms with Crippen LogP contribution >= 0.6 is 0 Å². The van der Waals surface area contributed by atoms with E-state index in [9.17, 15) is 0 Å². The summed E-state index contributed by atoms with van der Waals surface area (Å²) in [5, 5.41) is 3.88. The Morgan fingerprint density at radius 2 is 2.06 bits per heavy atom. The molecule has 1 saturated carbocycles. The first-order valence-corrected chi connectivity index (χ1v) is 7.15. The molecule has 2 heteroatoms. The van der Waals surface area contributed by atoms with Crippen LogP contribution in [0.4, 0.5) is 0 Å². The van der Waals surface area contributed by atoms with Gasteiger partial charge in [-0.25, -0.2) is 0 Å². The fourth-order valence-electron chi connectivity index (χ4n) is 3.34. The molecule has 94 valence electrons. The SMILES string of the molecule is CCC1CCCCC1NC(C)C1CCOC1. The van der Waals surface area contributed by atoms with Crippen molar-refractivity contribution in [2.45, 2.75) is 64.5 Å². The summed E-state index contributed by atoms with van der Waals surface area (Å²) in [5.41, 5.74) is 0. The van der Waals surface area contributed by atoms with Gasteiger partial charge in [-0.3, -0.25) is 0 Å². The van der Waals surface area contributed by atoms with E-state index in [0.29, 0.717) is 6.04 Å². The Bertz CT molecular complexity index is 201. The molecule has 4 atom stereocenters. The first kappa shape index (κ1) is 12.4. The Kier molecular flexibility index (Phi) is 4.66. The van der Waals surface area contributed by atoms with Gasteiger partial charge in [0.25, 0.3) is 0 Å². The predicted molar refractivity (Wildman–Crippen MR) is 67.6 cm³/mol. The zero-order chi connectivity index (χ0) is 11.4. The van der Waals surface area contributed by atoms with E-state index in [1.165, 1.54) is 38.5 Å². The second-order valence-electron chi connectivity index (χ2n) is 5.64. The first-order chi connectivity index (χ1) is 7.81. The summed E-state index contributed by atoms with van der Waals surface area (Å²) in [5.74, 6) is 1.66. The monoisotopic (exact) mass is 225 g/mol. The molecule has 2 aliphatic rings. The molecule has 16 heavy (non-hydrogen) atoms. The lowest BCUT2D eigenvalue weighted by Crippen LogP contribution is -2.46. The van der Waals surface area contributed by atoms with E-state index in [-0.39, 0.29) is 0 Å². The lowest BCUT2D eigenvalue weighted by molar-refractivity contribution is 0.167. The van der Waals surface area contributed by atoms with Crippen LogP contribution in [0, 0.1) is 11.8 Å². The maximum Gasteiger partial charge on any atom is 0.0509 e. The summed E-state index contributed by atoms with van der Waals surface area (Å²) in [6.07, 6.45) is 8.27. The van der Waals surface area contributed by atoms with Crippen LogP contribution in [0.5, 0.6) is 0 Å². The number of hydrogen-bond acceptors (Lipinski definition) is 2. The Balaban J connectivity index is 1.81. The highest BCUT2D eigenvalue weighted by Crippen LogP contribution is 2.28. The smallest absolute Gasteiger partial charge is 0.0509 e. The van der Waals surface area contributed by atoms with Gasteiger partial charge in [0.15, 0.2) is 0 Å². The summed E-state index contributed by atoms with van der Waals surface area (Å²) in [4.78, 5) is 0. The second-order valence-corrected chi connectivity index (χ2v) is 5.64. The molecule has 1 heterocycles. The third kappa shape index (κ3) is 2.98. The maximum atomic E-state index is 5.48. The zero-order valence-electron chi connectivity index (χ0n) is 10.9. The van der Waals surface area contributed by atoms with Crippen LogP contribution in [0.2, 0.25) is 0 Å². The molecule has 2 nitrogen and oxygen atoms in total. The molecule has 0 radical (unpaired) electrons. The van der Waals surface area contributed by atoms with Gasteiger partial charge in [-0.1, -0.05) is 26.2 Å². The van der Waals surface area contributed by atoms with E-state index in [1.54, 1.807) is 0 Å². The summed E-state index contributed by atoms with van der Waals surface area (Å²) in [6.45, 7) is 6.63. The van der Waals surface area contributed by atoms with Crippen LogP contribution in [0.3, 0.4) is 0 Å². The molecular weight excluding hydrogens is 198 g/mol. The van der Waals surface area contributed by atoms with E-state index in [0.717, 1.165) is 31.1 Å². The van der Waals surface area contributed by atoms with Gasteiger partial charge >= 0.3 is 0 Å². The van der Waals surface area contributed by atoms with Crippen LogP contribution in [0.15, 0.2) is 0 Å². The van der Waals surface area contributed by atoms with Gasteiger partial charge in [-0.2, -0.15) is 0 Å². The molecule has 2 rings (SSSR count). The van der Waals surface area contributed by atoms with Crippen molar-refractivity contribution in [3.05, 3.63) is 0 Å². The predicted octanol–water partition coefficient (Wildman–Crippen LogP) is 2.97. The van der Waals surface area contributed by atoms with Crippen LogP contribution in [-0.2, 0) is 4.74 Å². The van der Waals surface area contributed by atoms with Gasteiger partial charge in [-0.15, -0.1) is 0 Å². The van der Waals surface area contributed by atoms with Crippen LogP contribution in [0.1, 0.15) is 52.4 Å². The van der Waals surface area contributed by atoms with Crippen molar-refractivity contribution < 1.29 is 4.74 Å². The quantitative estimate of drug-likeness (QED) is 0.794. The Labute approximate surface area is 100 Å². The number of ether oxygens (including phenoxy) is 1. The van der Waals surface area contributed by atoms with Crippen LogP contribution < -0.4 is 5.32 Å². The van der Waals surface area contributed by atoms with Gasteiger partial charge in [0.05, 0.1) is 6.61 Å². The lowest BCUT2D eigenvalue weighted by Gasteiger charge is -2.35. The van der Waals surface area contributed by atoms with Gasteiger partial charge in [0.2, 0.25) is 0 Å². The zero-order valence-corrected chi connectivity index (χ0v) is 10.9. The van der Waals surface area contributed by atoms with E-state index >= 15 is 0 Å². The molecule has 1 aliphatic heterocycles. The molecule has 1 aliphatic carbocycles. The molecule has 0 aromatic rings. The molecule has 1 saturated heterocycles. The van der Waals surface area contributed by atoms with Gasteiger partial charge < -0.3 is 10.1 Å². The Morgan fingerprint density at radius 3 is 2.75 bits per heavy atom. The molecule has 0 aromatic carbocycles. The van der Waals surface area contributed by atoms with Gasteiger partial charge in [0, 0.05) is 18.7 Å². The molecule has 1 N–H and O–H groups in total. The summed E-state index contributed by atoms with van der Waals surface area (Å²) < 4.78 is 5.48. The molecular formula is C14H27NO. The molecule has 0 aromatic heterocycles. The van der Waals surface area contributed by atoms with Crippen LogP contribution in [-0.4, -0.2) is 25.3 Å². The standard InChI is InChI=1S/C14H27NO/c1-3-12-6-4-5-7-14(12)15-11(2)13-8-9-16-10-13/h11-15H,3-10H2,1-2H3. The van der Waals surface area contributed by atoms with Crippen molar-refractivity contribution in [3.8, 4) is 0 Å². The molecule has 0 spiro atoms. The number of rotatable bonds is 4.